The maximum atomic E-state index is 13.6. The average molecular weight is 508 g/mol. The third-order valence-corrected chi connectivity index (χ3v) is 6.84. The summed E-state index contributed by atoms with van der Waals surface area (Å²) in [6, 6.07) is 3.92. The zero-order valence-corrected chi connectivity index (χ0v) is 19.8. The number of fused-ring (bicyclic) bond motifs is 2. The van der Waals surface area contributed by atoms with Gasteiger partial charge in [-0.25, -0.2) is 9.18 Å². The van der Waals surface area contributed by atoms with E-state index in [-0.39, 0.29) is 36.1 Å². The first-order chi connectivity index (χ1) is 15.7. The fourth-order valence-electron chi connectivity index (χ4n) is 4.51. The Balaban J connectivity index is 1.54. The van der Waals surface area contributed by atoms with Crippen molar-refractivity contribution in [2.75, 3.05) is 26.8 Å². The van der Waals surface area contributed by atoms with Crippen molar-refractivity contribution in [1.82, 2.24) is 16.0 Å². The number of rotatable bonds is 11. The number of nitrogens with one attached hydrogen (secondary N) is 3. The zero-order chi connectivity index (χ0) is 24.1. The van der Waals surface area contributed by atoms with Gasteiger partial charge >= 0.3 is 14.7 Å². The van der Waals surface area contributed by atoms with E-state index in [1.54, 1.807) is 0 Å². The smallest absolute Gasteiger partial charge is 0.407 e. The summed E-state index contributed by atoms with van der Waals surface area (Å²) in [4.78, 5) is 42.3. The topological polar surface area (TPSA) is 138 Å². The number of carbonyl (C=O) groups is 2. The highest BCUT2D eigenvalue weighted by Crippen LogP contribution is 2.51. The average Bonchev–Trinajstić information content (AvgIpc) is 3.27. The molecule has 33 heavy (non-hydrogen) atoms. The normalized spacial score (nSPS) is 25.8. The van der Waals surface area contributed by atoms with Crippen LogP contribution in [0.15, 0.2) is 18.2 Å². The van der Waals surface area contributed by atoms with Gasteiger partial charge in [-0.2, -0.15) is 0 Å². The summed E-state index contributed by atoms with van der Waals surface area (Å²) < 4.78 is 29.2. The molecule has 1 aromatic rings. The van der Waals surface area contributed by atoms with Gasteiger partial charge in [0.05, 0.1) is 17.2 Å². The summed E-state index contributed by atoms with van der Waals surface area (Å²) in [6.07, 6.45) is 1.78. The van der Waals surface area contributed by atoms with Crippen LogP contribution < -0.4 is 20.7 Å². The fraction of sp³-hybridized carbons (Fsp3) is 0.600. The first-order valence-corrected chi connectivity index (χ1v) is 12.0. The van der Waals surface area contributed by atoms with Crippen molar-refractivity contribution < 1.29 is 37.8 Å². The largest absolute Gasteiger partial charge is 0.484 e. The van der Waals surface area contributed by atoms with Crippen molar-refractivity contribution in [3.05, 3.63) is 29.0 Å². The molecule has 13 heteroatoms. The van der Waals surface area contributed by atoms with E-state index in [9.17, 15) is 14.0 Å². The second kappa shape index (κ2) is 11.1. The molecule has 1 aromatic carbocycles. The van der Waals surface area contributed by atoms with Crippen LogP contribution in [0.3, 0.4) is 0 Å². The van der Waals surface area contributed by atoms with E-state index in [1.807, 2.05) is 7.05 Å². The molecule has 2 saturated carbocycles. The number of carbonyl (C=O) groups excluding carboxylic acids is 2. The second-order valence-corrected chi connectivity index (χ2v) is 9.41. The molecule has 10 nitrogen and oxygen atoms in total. The van der Waals surface area contributed by atoms with Crippen molar-refractivity contribution in [1.29, 1.82) is 0 Å². The van der Waals surface area contributed by atoms with Crippen LogP contribution in [0.25, 0.3) is 0 Å². The molecule has 2 aliphatic rings. The van der Waals surface area contributed by atoms with Crippen molar-refractivity contribution in [2.45, 2.75) is 49.3 Å². The molecule has 5 N–H and O–H groups in total. The molecule has 3 unspecified atom stereocenters. The molecule has 3 atom stereocenters. The van der Waals surface area contributed by atoms with E-state index in [4.69, 9.17) is 30.9 Å². The lowest BCUT2D eigenvalue weighted by Gasteiger charge is -2.36. The molecular formula is C20H28ClFN3O7P. The summed E-state index contributed by atoms with van der Waals surface area (Å²) in [5.41, 5.74) is -0.982. The monoisotopic (exact) mass is 507 g/mol. The van der Waals surface area contributed by atoms with Crippen LogP contribution in [-0.2, 0) is 14.1 Å². The minimum Gasteiger partial charge on any atom is -0.484 e. The lowest BCUT2D eigenvalue weighted by atomic mass is 9.88. The van der Waals surface area contributed by atoms with Gasteiger partial charge in [-0.3, -0.25) is 4.79 Å². The van der Waals surface area contributed by atoms with Gasteiger partial charge in [0.25, 0.3) is 5.91 Å². The SMILES string of the molecule is CNC12CCC(NC(=O)COc3ccc(Cl)c(F)c3)(C1)C(OC(=O)NCCCOP(O)O)C2. The number of alkyl carbamates (subject to hydrolysis) is 1. The highest BCUT2D eigenvalue weighted by Gasteiger charge is 2.61. The molecule has 0 radical (unpaired) electrons. The fourth-order valence-corrected chi connectivity index (χ4v) is 4.92. The molecule has 2 amide bonds. The third-order valence-electron chi connectivity index (χ3n) is 6.12. The highest BCUT2D eigenvalue weighted by atomic mass is 35.5. The molecule has 2 bridgehead atoms. The van der Waals surface area contributed by atoms with Crippen LogP contribution in [0.5, 0.6) is 5.75 Å². The number of halogens is 2. The van der Waals surface area contributed by atoms with Gasteiger partial charge in [-0.05, 0) is 44.9 Å². The van der Waals surface area contributed by atoms with E-state index in [2.05, 4.69) is 20.5 Å². The van der Waals surface area contributed by atoms with Crippen molar-refractivity contribution in [3.8, 4) is 5.75 Å². The Morgan fingerprint density at radius 2 is 2.12 bits per heavy atom. The third kappa shape index (κ3) is 6.65. The van der Waals surface area contributed by atoms with Crippen molar-refractivity contribution >= 4 is 32.2 Å². The Labute approximate surface area is 197 Å². The quantitative estimate of drug-likeness (QED) is 0.226. The molecule has 0 aromatic heterocycles. The van der Waals surface area contributed by atoms with E-state index in [0.717, 1.165) is 12.5 Å². The van der Waals surface area contributed by atoms with Crippen LogP contribution in [0.4, 0.5) is 9.18 Å². The molecule has 0 heterocycles. The predicted molar refractivity (Wildman–Crippen MR) is 118 cm³/mol. The molecule has 0 spiro atoms. The van der Waals surface area contributed by atoms with Crippen LogP contribution in [-0.4, -0.2) is 65.8 Å². The Bertz CT molecular complexity index is 867. The molecule has 0 aliphatic heterocycles. The summed E-state index contributed by atoms with van der Waals surface area (Å²) >= 11 is 5.65. The van der Waals surface area contributed by atoms with Crippen LogP contribution in [0.2, 0.25) is 5.02 Å². The Kier molecular flexibility index (Phi) is 8.71. The second-order valence-electron chi connectivity index (χ2n) is 8.24. The number of hydrogen-bond donors (Lipinski definition) is 5. The van der Waals surface area contributed by atoms with Crippen LogP contribution in [0, 0.1) is 5.82 Å². The lowest BCUT2D eigenvalue weighted by Crippen LogP contribution is -2.56. The molecule has 2 fully saturated rings. The molecule has 184 valence electrons. The summed E-state index contributed by atoms with van der Waals surface area (Å²) in [5.74, 6) is -0.869. The number of ether oxygens (including phenoxy) is 2. The van der Waals surface area contributed by atoms with Gasteiger partial charge in [-0.1, -0.05) is 11.6 Å². The number of hydrogen-bond acceptors (Lipinski definition) is 8. The van der Waals surface area contributed by atoms with Gasteiger partial charge in [0.2, 0.25) is 0 Å². The minimum absolute atomic E-state index is 0.0383. The standard InChI is InChI=1S/C20H28ClFN3O7P/c1-23-19-5-6-20(12-19,16(10-19)32-18(27)24-7-2-8-31-33(28)29)25-17(26)11-30-13-3-4-14(21)15(22)9-13/h3-4,9,16,23,28-29H,2,5-8,10-12H2,1H3,(H,24,27)(H,25,26). The maximum Gasteiger partial charge on any atom is 0.407 e. The van der Waals surface area contributed by atoms with Gasteiger partial charge in [0.15, 0.2) is 6.61 Å². The Hall–Kier alpha value is -1.75. The van der Waals surface area contributed by atoms with Gasteiger partial charge in [0.1, 0.15) is 17.7 Å². The summed E-state index contributed by atoms with van der Waals surface area (Å²) in [6.45, 7) is -0.00785. The molecule has 3 rings (SSSR count). The van der Waals surface area contributed by atoms with E-state index < -0.39 is 38.1 Å². The van der Waals surface area contributed by atoms with E-state index in [1.165, 1.54) is 12.1 Å². The number of amides is 2. The first-order valence-electron chi connectivity index (χ1n) is 10.5. The molecule has 0 saturated heterocycles. The zero-order valence-electron chi connectivity index (χ0n) is 18.1. The lowest BCUT2D eigenvalue weighted by molar-refractivity contribution is -0.126. The molecular weight excluding hydrogens is 480 g/mol. The highest BCUT2D eigenvalue weighted by molar-refractivity contribution is 7.39. The first kappa shape index (κ1) is 25.9. The number of benzene rings is 1. The summed E-state index contributed by atoms with van der Waals surface area (Å²) in [7, 11) is -0.574. The predicted octanol–water partition coefficient (Wildman–Crippen LogP) is 1.97. The summed E-state index contributed by atoms with van der Waals surface area (Å²) in [5, 5.41) is 8.84. The van der Waals surface area contributed by atoms with Gasteiger partial charge < -0.3 is 39.7 Å². The van der Waals surface area contributed by atoms with E-state index in [0.29, 0.717) is 25.7 Å². The van der Waals surface area contributed by atoms with E-state index >= 15 is 0 Å². The van der Waals surface area contributed by atoms with Gasteiger partial charge in [0, 0.05) is 24.6 Å². The van der Waals surface area contributed by atoms with Crippen molar-refractivity contribution in [2.24, 2.45) is 0 Å². The minimum atomic E-state index is -2.42. The molecule has 2 aliphatic carbocycles. The van der Waals surface area contributed by atoms with Crippen LogP contribution in [0.1, 0.15) is 32.1 Å². The Morgan fingerprint density at radius 1 is 1.33 bits per heavy atom. The van der Waals surface area contributed by atoms with Crippen LogP contribution >= 0.6 is 20.2 Å². The maximum absolute atomic E-state index is 13.6. The van der Waals surface area contributed by atoms with Crippen molar-refractivity contribution in [3.63, 3.8) is 0 Å². The van der Waals surface area contributed by atoms with Gasteiger partial charge in [-0.15, -0.1) is 0 Å². The Morgan fingerprint density at radius 3 is 2.82 bits per heavy atom.